The Hall–Kier alpha value is -2.67. The van der Waals surface area contributed by atoms with E-state index in [2.05, 4.69) is 20.6 Å². The van der Waals surface area contributed by atoms with Gasteiger partial charge in [0.05, 0.1) is 6.61 Å². The first-order valence-corrected chi connectivity index (χ1v) is 7.30. The number of rotatable bonds is 9. The molecule has 7 nitrogen and oxygen atoms in total. The van der Waals surface area contributed by atoms with Crippen LogP contribution in [0.25, 0.3) is 0 Å². The van der Waals surface area contributed by atoms with Crippen molar-refractivity contribution in [2.45, 2.75) is 0 Å². The SMILES string of the molecule is COCCOc1cccc(C(=O)NCCNc2ncccn2)c1. The van der Waals surface area contributed by atoms with Gasteiger partial charge in [0.25, 0.3) is 5.91 Å². The van der Waals surface area contributed by atoms with E-state index in [9.17, 15) is 4.79 Å². The zero-order chi connectivity index (χ0) is 16.3. The number of ether oxygens (including phenoxy) is 2. The first-order valence-electron chi connectivity index (χ1n) is 7.30. The smallest absolute Gasteiger partial charge is 0.251 e. The highest BCUT2D eigenvalue weighted by Crippen LogP contribution is 2.13. The van der Waals surface area contributed by atoms with E-state index in [-0.39, 0.29) is 5.91 Å². The molecular formula is C16H20N4O3. The van der Waals surface area contributed by atoms with Crippen LogP contribution in [0.5, 0.6) is 5.75 Å². The van der Waals surface area contributed by atoms with Gasteiger partial charge in [0.1, 0.15) is 12.4 Å². The summed E-state index contributed by atoms with van der Waals surface area (Å²) in [7, 11) is 1.61. The van der Waals surface area contributed by atoms with Crippen LogP contribution < -0.4 is 15.4 Å². The van der Waals surface area contributed by atoms with Crippen molar-refractivity contribution >= 4 is 11.9 Å². The van der Waals surface area contributed by atoms with E-state index < -0.39 is 0 Å². The molecule has 0 atom stereocenters. The Kier molecular flexibility index (Phi) is 6.80. The fourth-order valence-electron chi connectivity index (χ4n) is 1.81. The Morgan fingerprint density at radius 3 is 2.74 bits per heavy atom. The second-order valence-electron chi connectivity index (χ2n) is 4.62. The van der Waals surface area contributed by atoms with Crippen molar-refractivity contribution in [1.82, 2.24) is 15.3 Å². The maximum atomic E-state index is 12.1. The van der Waals surface area contributed by atoms with Crippen molar-refractivity contribution in [1.29, 1.82) is 0 Å². The first kappa shape index (κ1) is 16.7. The molecule has 23 heavy (non-hydrogen) atoms. The van der Waals surface area contributed by atoms with Gasteiger partial charge in [-0.2, -0.15) is 0 Å². The van der Waals surface area contributed by atoms with Gasteiger partial charge in [0, 0.05) is 38.2 Å². The molecule has 0 saturated carbocycles. The van der Waals surface area contributed by atoms with Crippen LogP contribution in [0.15, 0.2) is 42.7 Å². The largest absolute Gasteiger partial charge is 0.491 e. The van der Waals surface area contributed by atoms with E-state index in [0.717, 1.165) is 0 Å². The van der Waals surface area contributed by atoms with Crippen LogP contribution in [0.3, 0.4) is 0 Å². The summed E-state index contributed by atoms with van der Waals surface area (Å²) in [5.74, 6) is 1.03. The van der Waals surface area contributed by atoms with Crippen LogP contribution in [0.2, 0.25) is 0 Å². The number of carbonyl (C=O) groups is 1. The van der Waals surface area contributed by atoms with Crippen LogP contribution in [0.1, 0.15) is 10.4 Å². The molecule has 1 aromatic heterocycles. The number of nitrogens with zero attached hydrogens (tertiary/aromatic N) is 2. The molecule has 0 spiro atoms. The van der Waals surface area contributed by atoms with Gasteiger partial charge < -0.3 is 20.1 Å². The molecule has 0 fully saturated rings. The fraction of sp³-hybridized carbons (Fsp3) is 0.312. The minimum absolute atomic E-state index is 0.155. The molecule has 1 heterocycles. The molecule has 0 aliphatic carbocycles. The minimum atomic E-state index is -0.155. The van der Waals surface area contributed by atoms with Crippen LogP contribution >= 0.6 is 0 Å². The topological polar surface area (TPSA) is 85.4 Å². The molecule has 0 radical (unpaired) electrons. The second-order valence-corrected chi connectivity index (χ2v) is 4.62. The molecule has 0 aliphatic rings. The number of hydrogen-bond donors (Lipinski definition) is 2. The third-order valence-corrected chi connectivity index (χ3v) is 2.91. The van der Waals surface area contributed by atoms with E-state index in [1.54, 1.807) is 49.8 Å². The van der Waals surface area contributed by atoms with Crippen molar-refractivity contribution in [3.63, 3.8) is 0 Å². The van der Waals surface area contributed by atoms with Gasteiger partial charge in [0.15, 0.2) is 0 Å². The van der Waals surface area contributed by atoms with Gasteiger partial charge in [-0.15, -0.1) is 0 Å². The van der Waals surface area contributed by atoms with Gasteiger partial charge in [-0.1, -0.05) is 6.07 Å². The normalized spacial score (nSPS) is 10.1. The molecule has 7 heteroatoms. The maximum absolute atomic E-state index is 12.1. The number of amides is 1. The zero-order valence-corrected chi connectivity index (χ0v) is 13.0. The lowest BCUT2D eigenvalue weighted by Crippen LogP contribution is -2.29. The number of carbonyl (C=O) groups excluding carboxylic acids is 1. The molecule has 0 saturated heterocycles. The number of hydrogen-bond acceptors (Lipinski definition) is 6. The first-order chi connectivity index (χ1) is 11.3. The summed E-state index contributed by atoms with van der Waals surface area (Å²) >= 11 is 0. The lowest BCUT2D eigenvalue weighted by atomic mass is 10.2. The summed E-state index contributed by atoms with van der Waals surface area (Å²) < 4.78 is 10.4. The monoisotopic (exact) mass is 316 g/mol. The average molecular weight is 316 g/mol. The molecule has 122 valence electrons. The number of anilines is 1. The summed E-state index contributed by atoms with van der Waals surface area (Å²) in [4.78, 5) is 20.2. The summed E-state index contributed by atoms with van der Waals surface area (Å²) in [6.45, 7) is 1.96. The van der Waals surface area contributed by atoms with Crippen LogP contribution in [-0.2, 0) is 4.74 Å². The van der Waals surface area contributed by atoms with E-state index in [1.807, 2.05) is 0 Å². The number of nitrogens with one attached hydrogen (secondary N) is 2. The highest BCUT2D eigenvalue weighted by molar-refractivity contribution is 5.94. The molecule has 2 N–H and O–H groups in total. The number of benzene rings is 1. The van der Waals surface area contributed by atoms with E-state index in [0.29, 0.717) is 43.6 Å². The summed E-state index contributed by atoms with van der Waals surface area (Å²) in [6, 6.07) is 8.79. The van der Waals surface area contributed by atoms with Gasteiger partial charge >= 0.3 is 0 Å². The predicted molar refractivity (Wildman–Crippen MR) is 86.7 cm³/mol. The molecule has 0 bridgehead atoms. The van der Waals surface area contributed by atoms with Crippen LogP contribution in [-0.4, -0.2) is 49.3 Å². The van der Waals surface area contributed by atoms with Gasteiger partial charge in [-0.05, 0) is 24.3 Å². The molecule has 1 aromatic carbocycles. The summed E-state index contributed by atoms with van der Waals surface area (Å²) in [6.07, 6.45) is 3.31. The fourth-order valence-corrected chi connectivity index (χ4v) is 1.81. The van der Waals surface area contributed by atoms with Crippen molar-refractivity contribution in [3.05, 3.63) is 48.3 Å². The van der Waals surface area contributed by atoms with Gasteiger partial charge in [-0.25, -0.2) is 9.97 Å². The molecule has 2 aromatic rings. The minimum Gasteiger partial charge on any atom is -0.491 e. The number of methoxy groups -OCH3 is 1. The highest BCUT2D eigenvalue weighted by Gasteiger charge is 2.06. The van der Waals surface area contributed by atoms with Crippen LogP contribution in [0.4, 0.5) is 5.95 Å². The lowest BCUT2D eigenvalue weighted by Gasteiger charge is -2.09. The molecule has 0 unspecified atom stereocenters. The zero-order valence-electron chi connectivity index (χ0n) is 13.0. The number of aromatic nitrogens is 2. The van der Waals surface area contributed by atoms with Crippen molar-refractivity contribution in [2.24, 2.45) is 0 Å². The third-order valence-electron chi connectivity index (χ3n) is 2.91. The highest BCUT2D eigenvalue weighted by atomic mass is 16.5. The Balaban J connectivity index is 1.75. The van der Waals surface area contributed by atoms with Crippen LogP contribution in [0, 0.1) is 0 Å². The van der Waals surface area contributed by atoms with Gasteiger partial charge in [-0.3, -0.25) is 4.79 Å². The Morgan fingerprint density at radius 1 is 1.13 bits per heavy atom. The van der Waals surface area contributed by atoms with Crippen molar-refractivity contribution in [2.75, 3.05) is 38.7 Å². The van der Waals surface area contributed by atoms with Gasteiger partial charge in [0.2, 0.25) is 5.95 Å². The van der Waals surface area contributed by atoms with Crippen molar-refractivity contribution in [3.8, 4) is 5.75 Å². The predicted octanol–water partition coefficient (Wildman–Crippen LogP) is 1.34. The molecule has 2 rings (SSSR count). The summed E-state index contributed by atoms with van der Waals surface area (Å²) in [5.41, 5.74) is 0.552. The Bertz CT molecular complexity index is 607. The molecule has 0 aliphatic heterocycles. The van der Waals surface area contributed by atoms with Crippen molar-refractivity contribution < 1.29 is 14.3 Å². The Morgan fingerprint density at radius 2 is 1.96 bits per heavy atom. The quantitative estimate of drug-likeness (QED) is 0.679. The molecule has 1 amide bonds. The maximum Gasteiger partial charge on any atom is 0.251 e. The second kappa shape index (κ2) is 9.37. The summed E-state index contributed by atoms with van der Waals surface area (Å²) in [5, 5.41) is 5.85. The third kappa shape index (κ3) is 5.91. The van der Waals surface area contributed by atoms with E-state index in [4.69, 9.17) is 9.47 Å². The Labute approximate surface area is 135 Å². The lowest BCUT2D eigenvalue weighted by molar-refractivity contribution is 0.0954. The average Bonchev–Trinajstić information content (AvgIpc) is 2.60. The molecular weight excluding hydrogens is 296 g/mol. The van der Waals surface area contributed by atoms with E-state index in [1.165, 1.54) is 0 Å². The standard InChI is InChI=1S/C16H20N4O3/c1-22-10-11-23-14-5-2-4-13(12-14)15(21)17-8-9-20-16-18-6-3-7-19-16/h2-7,12H,8-11H2,1H3,(H,17,21)(H,18,19,20). The van der Waals surface area contributed by atoms with E-state index >= 15 is 0 Å².